The van der Waals surface area contributed by atoms with E-state index in [2.05, 4.69) is 28.3 Å². The SMILES string of the molecule is COc1cc(Nc2c(C#N)cnc3cc(OCCCCCC4CCCN(C)CC4)c(O)cc23)c(Cl)cc1Cl. The summed E-state index contributed by atoms with van der Waals surface area (Å²) in [4.78, 5) is 6.85. The molecule has 9 heteroatoms. The lowest BCUT2D eigenvalue weighted by Gasteiger charge is -2.16. The molecule has 2 heterocycles. The van der Waals surface area contributed by atoms with Gasteiger partial charge in [0, 0.05) is 23.7 Å². The highest BCUT2D eigenvalue weighted by atomic mass is 35.5. The number of nitrogens with one attached hydrogen (secondary N) is 1. The first-order valence-corrected chi connectivity index (χ1v) is 13.8. The number of unbranched alkanes of at least 4 members (excludes halogenated alkanes) is 2. The molecule has 0 saturated carbocycles. The number of hydrogen-bond donors (Lipinski definition) is 2. The van der Waals surface area contributed by atoms with Gasteiger partial charge in [0.15, 0.2) is 11.5 Å². The van der Waals surface area contributed by atoms with Crippen molar-refractivity contribution in [1.29, 1.82) is 5.26 Å². The molecule has 38 heavy (non-hydrogen) atoms. The summed E-state index contributed by atoms with van der Waals surface area (Å²) >= 11 is 12.6. The smallest absolute Gasteiger partial charge is 0.163 e. The van der Waals surface area contributed by atoms with Crippen molar-refractivity contribution in [3.8, 4) is 23.3 Å². The molecule has 7 nitrogen and oxygen atoms in total. The van der Waals surface area contributed by atoms with E-state index in [9.17, 15) is 10.4 Å². The second-order valence-corrected chi connectivity index (χ2v) is 10.7. The van der Waals surface area contributed by atoms with Gasteiger partial charge in [0.05, 0.1) is 46.2 Å². The minimum absolute atomic E-state index is 0.0141. The number of rotatable bonds is 10. The Morgan fingerprint density at radius 3 is 2.74 bits per heavy atom. The lowest BCUT2D eigenvalue weighted by atomic mass is 9.94. The van der Waals surface area contributed by atoms with E-state index in [1.807, 2.05) is 0 Å². The molecule has 1 aliphatic heterocycles. The molecule has 202 valence electrons. The molecule has 1 fully saturated rings. The molecular formula is C29H34Cl2N4O3. The second kappa shape index (κ2) is 13.2. The molecule has 3 aromatic rings. The maximum absolute atomic E-state index is 10.7. The second-order valence-electron chi connectivity index (χ2n) is 9.89. The number of phenols is 1. The fourth-order valence-corrected chi connectivity index (χ4v) is 5.46. The molecule has 4 rings (SSSR count). The average Bonchev–Trinajstić information content (AvgIpc) is 3.11. The van der Waals surface area contributed by atoms with Crippen molar-refractivity contribution < 1.29 is 14.6 Å². The average molecular weight is 558 g/mol. The first-order chi connectivity index (χ1) is 18.4. The molecule has 0 radical (unpaired) electrons. The Hall–Kier alpha value is -2.92. The van der Waals surface area contributed by atoms with E-state index in [0.717, 1.165) is 18.8 Å². The minimum atomic E-state index is -0.0141. The van der Waals surface area contributed by atoms with E-state index < -0.39 is 0 Å². The number of fused-ring (bicyclic) bond motifs is 1. The number of anilines is 2. The van der Waals surface area contributed by atoms with Crippen LogP contribution < -0.4 is 14.8 Å². The maximum Gasteiger partial charge on any atom is 0.163 e. The molecule has 1 aromatic heterocycles. The van der Waals surface area contributed by atoms with E-state index in [1.54, 1.807) is 24.3 Å². The summed E-state index contributed by atoms with van der Waals surface area (Å²) in [7, 11) is 3.72. The standard InChI is InChI=1S/C29H34Cl2N4O3/c1-35-10-6-8-19(9-11-35)7-4-3-5-12-38-28-15-24-21(13-26(28)36)29(20(17-32)18-33-24)34-25-16-27(37-2)23(31)14-22(25)30/h13-16,18-19,36H,3-12H2,1-2H3,(H,33,34). The van der Waals surface area contributed by atoms with Crippen molar-refractivity contribution in [2.75, 3.05) is 39.2 Å². The van der Waals surface area contributed by atoms with E-state index in [4.69, 9.17) is 32.7 Å². The Kier molecular flexibility index (Phi) is 9.79. The Morgan fingerprint density at radius 1 is 1.11 bits per heavy atom. The largest absolute Gasteiger partial charge is 0.504 e. The van der Waals surface area contributed by atoms with Crippen LogP contribution in [0.25, 0.3) is 10.9 Å². The highest BCUT2D eigenvalue weighted by Gasteiger charge is 2.17. The van der Waals surface area contributed by atoms with Gasteiger partial charge in [-0.2, -0.15) is 5.26 Å². The van der Waals surface area contributed by atoms with Crippen LogP contribution in [0.5, 0.6) is 17.2 Å². The highest BCUT2D eigenvalue weighted by Crippen LogP contribution is 2.40. The highest BCUT2D eigenvalue weighted by molar-refractivity contribution is 6.37. The Balaban J connectivity index is 1.41. The van der Waals surface area contributed by atoms with Crippen LogP contribution in [0.3, 0.4) is 0 Å². The van der Waals surface area contributed by atoms with Crippen molar-refractivity contribution in [2.24, 2.45) is 5.92 Å². The monoisotopic (exact) mass is 556 g/mol. The van der Waals surface area contributed by atoms with Crippen molar-refractivity contribution in [3.05, 3.63) is 46.1 Å². The third-order valence-corrected chi connectivity index (χ3v) is 7.76. The van der Waals surface area contributed by atoms with Crippen molar-refractivity contribution in [3.63, 3.8) is 0 Å². The van der Waals surface area contributed by atoms with Gasteiger partial charge in [-0.05, 0) is 63.9 Å². The fraction of sp³-hybridized carbons (Fsp3) is 0.448. The Labute approximate surface area is 234 Å². The van der Waals surface area contributed by atoms with Gasteiger partial charge in [-0.15, -0.1) is 0 Å². The lowest BCUT2D eigenvalue weighted by molar-refractivity contribution is 0.286. The number of hydrogen-bond acceptors (Lipinski definition) is 7. The van der Waals surface area contributed by atoms with Gasteiger partial charge in [-0.1, -0.05) is 42.5 Å². The van der Waals surface area contributed by atoms with E-state index in [-0.39, 0.29) is 5.75 Å². The molecule has 1 unspecified atom stereocenters. The molecule has 1 aliphatic rings. The summed E-state index contributed by atoms with van der Waals surface area (Å²) < 4.78 is 11.2. The third-order valence-electron chi connectivity index (χ3n) is 7.16. The first-order valence-electron chi connectivity index (χ1n) is 13.1. The molecule has 0 bridgehead atoms. The van der Waals surface area contributed by atoms with Gasteiger partial charge in [0.2, 0.25) is 0 Å². The van der Waals surface area contributed by atoms with Crippen LogP contribution in [0.1, 0.15) is 50.5 Å². The number of nitrogens with zero attached hydrogens (tertiary/aromatic N) is 3. The maximum atomic E-state index is 10.7. The van der Waals surface area contributed by atoms with E-state index in [0.29, 0.717) is 56.0 Å². The minimum Gasteiger partial charge on any atom is -0.504 e. The molecule has 0 amide bonds. The van der Waals surface area contributed by atoms with Crippen LogP contribution in [0.4, 0.5) is 11.4 Å². The summed E-state index contributed by atoms with van der Waals surface area (Å²) in [6.45, 7) is 2.94. The van der Waals surface area contributed by atoms with Crippen LogP contribution in [-0.4, -0.2) is 48.8 Å². The van der Waals surface area contributed by atoms with Crippen LogP contribution in [-0.2, 0) is 0 Å². The number of aromatic hydroxyl groups is 1. The van der Waals surface area contributed by atoms with Crippen LogP contribution >= 0.6 is 23.2 Å². The van der Waals surface area contributed by atoms with Crippen LogP contribution in [0.2, 0.25) is 10.0 Å². The van der Waals surface area contributed by atoms with Crippen molar-refractivity contribution >= 4 is 45.5 Å². The molecule has 2 N–H and O–H groups in total. The molecule has 2 aromatic carbocycles. The van der Waals surface area contributed by atoms with Crippen LogP contribution in [0.15, 0.2) is 30.5 Å². The third kappa shape index (κ3) is 6.93. The number of ether oxygens (including phenoxy) is 2. The normalized spacial score (nSPS) is 16.1. The summed E-state index contributed by atoms with van der Waals surface area (Å²) in [5.74, 6) is 1.63. The molecule has 1 saturated heterocycles. The number of halogens is 2. The number of phenolic OH excluding ortho intramolecular Hbond substituents is 1. The zero-order valence-electron chi connectivity index (χ0n) is 21.9. The number of methoxy groups -OCH3 is 1. The topological polar surface area (TPSA) is 90.6 Å². The summed E-state index contributed by atoms with van der Waals surface area (Å²) in [5.41, 5.74) is 1.86. The Bertz CT molecular complexity index is 1310. The molecule has 0 spiro atoms. The summed E-state index contributed by atoms with van der Waals surface area (Å²) in [6.07, 6.45) is 9.92. The van der Waals surface area contributed by atoms with Crippen LogP contribution in [0, 0.1) is 17.2 Å². The van der Waals surface area contributed by atoms with E-state index >= 15 is 0 Å². The first kappa shape index (κ1) is 28.1. The van der Waals surface area contributed by atoms with Crippen molar-refractivity contribution in [1.82, 2.24) is 9.88 Å². The Morgan fingerprint density at radius 2 is 1.95 bits per heavy atom. The lowest BCUT2D eigenvalue weighted by Crippen LogP contribution is -2.18. The number of aromatic nitrogens is 1. The molecule has 0 aliphatic carbocycles. The zero-order chi connectivity index (χ0) is 27.1. The predicted octanol–water partition coefficient (Wildman–Crippen LogP) is 7.54. The van der Waals surface area contributed by atoms with Gasteiger partial charge in [0.25, 0.3) is 0 Å². The van der Waals surface area contributed by atoms with Gasteiger partial charge in [0.1, 0.15) is 11.8 Å². The van der Waals surface area contributed by atoms with Crippen molar-refractivity contribution in [2.45, 2.75) is 44.9 Å². The van der Waals surface area contributed by atoms with Gasteiger partial charge in [-0.25, -0.2) is 0 Å². The van der Waals surface area contributed by atoms with E-state index in [1.165, 1.54) is 58.5 Å². The van der Waals surface area contributed by atoms with Gasteiger partial charge < -0.3 is 24.8 Å². The molecule has 1 atom stereocenters. The number of pyridine rings is 1. The van der Waals surface area contributed by atoms with Gasteiger partial charge in [-0.3, -0.25) is 4.98 Å². The number of likely N-dealkylation sites (tertiary alicyclic amines) is 1. The predicted molar refractivity (Wildman–Crippen MR) is 153 cm³/mol. The number of nitriles is 1. The zero-order valence-corrected chi connectivity index (χ0v) is 23.4. The fourth-order valence-electron chi connectivity index (χ4n) is 4.95. The quantitative estimate of drug-likeness (QED) is 0.249. The molecular weight excluding hydrogens is 523 g/mol. The number of benzene rings is 2. The summed E-state index contributed by atoms with van der Waals surface area (Å²) in [6, 6.07) is 8.63. The van der Waals surface area contributed by atoms with Gasteiger partial charge >= 0.3 is 0 Å². The summed E-state index contributed by atoms with van der Waals surface area (Å²) in [5, 5.41) is 24.9.